The average molecular weight is 477 g/mol. The minimum absolute atomic E-state index is 0.117. The van der Waals surface area contributed by atoms with Crippen LogP contribution >= 0.6 is 28.1 Å². The standard InChI is InChI=1S/C21H25BrN4O2S/c1-3-26(4-2)14-13-23-19(27)15-9-11-16(12-10-15)24-21(29)25-20(28)17-7-5-6-8-18(17)22/h5-12H,3-4,13-14H2,1-2H3,(H,23,27)(H2,24,25,28,29). The van der Waals surface area contributed by atoms with E-state index in [2.05, 4.69) is 50.6 Å². The van der Waals surface area contributed by atoms with Gasteiger partial charge in [0.05, 0.1) is 5.56 Å². The molecule has 0 atom stereocenters. The van der Waals surface area contributed by atoms with E-state index in [1.54, 1.807) is 42.5 Å². The number of carbonyl (C=O) groups excluding carboxylic acids is 2. The van der Waals surface area contributed by atoms with Crippen molar-refractivity contribution in [1.29, 1.82) is 0 Å². The number of nitrogens with one attached hydrogen (secondary N) is 3. The van der Waals surface area contributed by atoms with E-state index >= 15 is 0 Å². The average Bonchev–Trinajstić information content (AvgIpc) is 2.71. The maximum atomic E-state index is 12.3. The number of likely N-dealkylation sites (N-methyl/N-ethyl adjacent to an activating group) is 1. The van der Waals surface area contributed by atoms with E-state index in [0.29, 0.717) is 27.8 Å². The SMILES string of the molecule is CCN(CC)CCNC(=O)c1ccc(NC(=S)NC(=O)c2ccccc2Br)cc1. The molecular formula is C21H25BrN4O2S. The lowest BCUT2D eigenvalue weighted by atomic mass is 10.2. The zero-order chi connectivity index (χ0) is 21.2. The number of thiocarbonyl (C=S) groups is 1. The van der Waals surface area contributed by atoms with Crippen LogP contribution in [0.3, 0.4) is 0 Å². The van der Waals surface area contributed by atoms with Gasteiger partial charge in [0.15, 0.2) is 5.11 Å². The third-order valence-electron chi connectivity index (χ3n) is 4.36. The molecule has 0 spiro atoms. The van der Waals surface area contributed by atoms with Crippen LogP contribution in [0.25, 0.3) is 0 Å². The van der Waals surface area contributed by atoms with Crippen LogP contribution < -0.4 is 16.0 Å². The molecule has 154 valence electrons. The fourth-order valence-corrected chi connectivity index (χ4v) is 3.33. The van der Waals surface area contributed by atoms with Gasteiger partial charge >= 0.3 is 0 Å². The topological polar surface area (TPSA) is 73.5 Å². The summed E-state index contributed by atoms with van der Waals surface area (Å²) in [6, 6.07) is 14.0. The Labute approximate surface area is 185 Å². The normalized spacial score (nSPS) is 10.5. The number of nitrogens with zero attached hydrogens (tertiary/aromatic N) is 1. The van der Waals surface area contributed by atoms with Crippen LogP contribution in [0, 0.1) is 0 Å². The van der Waals surface area contributed by atoms with Gasteiger partial charge in [0, 0.05) is 28.8 Å². The number of halogens is 1. The predicted molar refractivity (Wildman–Crippen MR) is 124 cm³/mol. The highest BCUT2D eigenvalue weighted by Gasteiger charge is 2.11. The molecule has 0 aliphatic rings. The van der Waals surface area contributed by atoms with Crippen LogP contribution in [0.4, 0.5) is 5.69 Å². The predicted octanol–water partition coefficient (Wildman–Crippen LogP) is 3.65. The summed E-state index contributed by atoms with van der Waals surface area (Å²) >= 11 is 8.55. The van der Waals surface area contributed by atoms with Crippen molar-refractivity contribution in [3.63, 3.8) is 0 Å². The van der Waals surface area contributed by atoms with Gasteiger partial charge in [0.1, 0.15) is 0 Å². The zero-order valence-electron chi connectivity index (χ0n) is 16.5. The van der Waals surface area contributed by atoms with Crippen LogP contribution in [0.1, 0.15) is 34.6 Å². The van der Waals surface area contributed by atoms with E-state index in [0.717, 1.165) is 19.6 Å². The Morgan fingerprint density at radius 1 is 1.00 bits per heavy atom. The number of rotatable bonds is 8. The van der Waals surface area contributed by atoms with E-state index in [-0.39, 0.29) is 16.9 Å². The fraction of sp³-hybridized carbons (Fsp3) is 0.286. The van der Waals surface area contributed by atoms with Crippen LogP contribution in [0.2, 0.25) is 0 Å². The molecule has 6 nitrogen and oxygen atoms in total. The Morgan fingerprint density at radius 2 is 1.66 bits per heavy atom. The maximum absolute atomic E-state index is 12.3. The second kappa shape index (κ2) is 11.6. The van der Waals surface area contributed by atoms with Gasteiger partial charge in [-0.05, 0) is 77.6 Å². The Morgan fingerprint density at radius 3 is 2.28 bits per heavy atom. The smallest absolute Gasteiger partial charge is 0.258 e. The molecule has 0 saturated heterocycles. The molecule has 0 aromatic heterocycles. The number of benzene rings is 2. The van der Waals surface area contributed by atoms with Gasteiger partial charge < -0.3 is 15.5 Å². The summed E-state index contributed by atoms with van der Waals surface area (Å²) < 4.78 is 0.691. The van der Waals surface area contributed by atoms with Gasteiger partial charge in [-0.25, -0.2) is 0 Å². The van der Waals surface area contributed by atoms with Crippen LogP contribution in [-0.2, 0) is 0 Å². The first-order valence-electron chi connectivity index (χ1n) is 9.42. The van der Waals surface area contributed by atoms with Crippen molar-refractivity contribution in [2.45, 2.75) is 13.8 Å². The highest BCUT2D eigenvalue weighted by Crippen LogP contribution is 2.15. The largest absolute Gasteiger partial charge is 0.351 e. The van der Waals surface area contributed by atoms with E-state index in [4.69, 9.17) is 12.2 Å². The fourth-order valence-electron chi connectivity index (χ4n) is 2.65. The molecule has 0 radical (unpaired) electrons. The number of hydrogen-bond donors (Lipinski definition) is 3. The molecule has 0 heterocycles. The molecule has 29 heavy (non-hydrogen) atoms. The Kier molecular flexibility index (Phi) is 9.24. The molecule has 2 amide bonds. The molecule has 2 aromatic rings. The van der Waals surface area contributed by atoms with Gasteiger partial charge in [-0.3, -0.25) is 14.9 Å². The molecule has 0 aliphatic carbocycles. The summed E-state index contributed by atoms with van der Waals surface area (Å²) in [4.78, 5) is 26.8. The summed E-state index contributed by atoms with van der Waals surface area (Å²) in [5.41, 5.74) is 1.74. The molecule has 0 bridgehead atoms. The second-order valence-electron chi connectivity index (χ2n) is 6.25. The number of carbonyl (C=O) groups is 2. The highest BCUT2D eigenvalue weighted by molar-refractivity contribution is 9.10. The van der Waals surface area contributed by atoms with Crippen LogP contribution in [0.15, 0.2) is 53.0 Å². The van der Waals surface area contributed by atoms with Crippen molar-refractivity contribution < 1.29 is 9.59 Å². The van der Waals surface area contributed by atoms with E-state index in [9.17, 15) is 9.59 Å². The lowest BCUT2D eigenvalue weighted by molar-refractivity contribution is 0.0946. The van der Waals surface area contributed by atoms with Crippen molar-refractivity contribution in [3.05, 3.63) is 64.1 Å². The number of anilines is 1. The van der Waals surface area contributed by atoms with Gasteiger partial charge in [-0.1, -0.05) is 26.0 Å². The minimum atomic E-state index is -0.306. The summed E-state index contributed by atoms with van der Waals surface area (Å²) in [5.74, 6) is -0.423. The van der Waals surface area contributed by atoms with Crippen molar-refractivity contribution in [3.8, 4) is 0 Å². The quantitative estimate of drug-likeness (QED) is 0.507. The van der Waals surface area contributed by atoms with Gasteiger partial charge in [0.2, 0.25) is 0 Å². The Hall–Kier alpha value is -2.29. The van der Waals surface area contributed by atoms with Crippen molar-refractivity contribution in [2.24, 2.45) is 0 Å². The highest BCUT2D eigenvalue weighted by atomic mass is 79.9. The summed E-state index contributed by atoms with van der Waals surface area (Å²) in [6.45, 7) is 7.55. The van der Waals surface area contributed by atoms with Gasteiger partial charge in [0.25, 0.3) is 11.8 Å². The van der Waals surface area contributed by atoms with Crippen molar-refractivity contribution in [2.75, 3.05) is 31.5 Å². The molecule has 0 saturated carbocycles. The van der Waals surface area contributed by atoms with Crippen LogP contribution in [0.5, 0.6) is 0 Å². The summed E-state index contributed by atoms with van der Waals surface area (Å²) in [5, 5.41) is 8.69. The molecule has 3 N–H and O–H groups in total. The summed E-state index contributed by atoms with van der Waals surface area (Å²) in [7, 11) is 0. The second-order valence-corrected chi connectivity index (χ2v) is 7.51. The molecular weight excluding hydrogens is 452 g/mol. The Balaban J connectivity index is 1.85. The van der Waals surface area contributed by atoms with E-state index < -0.39 is 0 Å². The molecule has 2 aromatic carbocycles. The number of amides is 2. The maximum Gasteiger partial charge on any atom is 0.258 e. The van der Waals surface area contributed by atoms with Crippen molar-refractivity contribution >= 4 is 50.8 Å². The minimum Gasteiger partial charge on any atom is -0.351 e. The molecule has 8 heteroatoms. The lowest BCUT2D eigenvalue weighted by Crippen LogP contribution is -2.35. The van der Waals surface area contributed by atoms with Gasteiger partial charge in [-0.15, -0.1) is 0 Å². The third-order valence-corrected chi connectivity index (χ3v) is 5.25. The number of hydrogen-bond acceptors (Lipinski definition) is 4. The lowest BCUT2D eigenvalue weighted by Gasteiger charge is -2.18. The van der Waals surface area contributed by atoms with Gasteiger partial charge in [-0.2, -0.15) is 0 Å². The van der Waals surface area contributed by atoms with Crippen molar-refractivity contribution in [1.82, 2.24) is 15.5 Å². The Bertz CT molecular complexity index is 854. The molecule has 0 fully saturated rings. The summed E-state index contributed by atoms with van der Waals surface area (Å²) in [6.07, 6.45) is 0. The molecule has 2 rings (SSSR count). The first kappa shape index (κ1) is 23.0. The zero-order valence-corrected chi connectivity index (χ0v) is 18.9. The van der Waals surface area contributed by atoms with Crippen LogP contribution in [-0.4, -0.2) is 48.0 Å². The van der Waals surface area contributed by atoms with E-state index in [1.165, 1.54) is 0 Å². The molecule has 0 aliphatic heterocycles. The third kappa shape index (κ3) is 7.23. The molecule has 0 unspecified atom stereocenters. The van der Waals surface area contributed by atoms with E-state index in [1.807, 2.05) is 6.07 Å². The first-order chi connectivity index (χ1) is 13.9. The first-order valence-corrected chi connectivity index (χ1v) is 10.6. The monoisotopic (exact) mass is 476 g/mol.